The van der Waals surface area contributed by atoms with Gasteiger partial charge in [0.1, 0.15) is 0 Å². The third-order valence-corrected chi connectivity index (χ3v) is 13.8. The van der Waals surface area contributed by atoms with Crippen LogP contribution in [0.4, 0.5) is 51.2 Å². The zero-order valence-corrected chi connectivity index (χ0v) is 42.2. The van der Waals surface area contributed by atoms with E-state index in [-0.39, 0.29) is 0 Å². The van der Waals surface area contributed by atoms with Crippen LogP contribution in [0.2, 0.25) is 0 Å². The third-order valence-electron chi connectivity index (χ3n) is 13.8. The fraction of sp³-hybridized carbons (Fsp3) is 0.118. The molecule has 0 heterocycles. The second kappa shape index (κ2) is 19.9. The normalized spacial score (nSPS) is 11.1. The van der Waals surface area contributed by atoms with Gasteiger partial charge in [-0.3, -0.25) is 0 Å². The van der Waals surface area contributed by atoms with Crippen LogP contribution in [-0.4, -0.2) is 0 Å². The summed E-state index contributed by atoms with van der Waals surface area (Å²) in [4.78, 5) is 7.11. The van der Waals surface area contributed by atoms with Crippen LogP contribution in [-0.2, 0) is 0 Å². The number of hydrogen-bond acceptors (Lipinski definition) is 3. The summed E-state index contributed by atoms with van der Waals surface area (Å²) < 4.78 is 0. The van der Waals surface area contributed by atoms with Gasteiger partial charge in [0.15, 0.2) is 0 Å². The van der Waals surface area contributed by atoms with Crippen molar-refractivity contribution in [3.05, 3.63) is 269 Å². The van der Waals surface area contributed by atoms with Crippen LogP contribution in [0.3, 0.4) is 0 Å². The molecular weight excluding hydrogens is 859 g/mol. The summed E-state index contributed by atoms with van der Waals surface area (Å²) in [5, 5.41) is 0. The summed E-state index contributed by atoms with van der Waals surface area (Å²) in [6, 6.07) is 82.6. The highest BCUT2D eigenvalue weighted by atomic mass is 15.2. The van der Waals surface area contributed by atoms with E-state index in [0.29, 0.717) is 0 Å². The minimum Gasteiger partial charge on any atom is -0.310 e. The van der Waals surface area contributed by atoms with Crippen LogP contribution in [0.25, 0.3) is 33.4 Å². The lowest BCUT2D eigenvalue weighted by Gasteiger charge is -2.28. The molecule has 348 valence electrons. The molecule has 3 nitrogen and oxygen atoms in total. The lowest BCUT2D eigenvalue weighted by Crippen LogP contribution is -2.11. The minimum atomic E-state index is 1.10. The number of benzene rings is 10. The van der Waals surface area contributed by atoms with Crippen molar-refractivity contribution < 1.29 is 0 Å². The molecule has 0 bridgehead atoms. The van der Waals surface area contributed by atoms with Crippen molar-refractivity contribution in [3.8, 4) is 33.4 Å². The van der Waals surface area contributed by atoms with Crippen LogP contribution in [0.1, 0.15) is 44.5 Å². The molecule has 0 aliphatic carbocycles. The molecule has 0 aromatic heterocycles. The first-order valence-corrected chi connectivity index (χ1v) is 24.7. The first-order valence-electron chi connectivity index (χ1n) is 24.7. The van der Waals surface area contributed by atoms with Crippen molar-refractivity contribution in [3.63, 3.8) is 0 Å². The first-order chi connectivity index (χ1) is 34.4. The van der Waals surface area contributed by atoms with Gasteiger partial charge in [-0.2, -0.15) is 0 Å². The lowest BCUT2D eigenvalue weighted by atomic mass is 10.0. The van der Waals surface area contributed by atoms with E-state index in [1.165, 1.54) is 89.3 Å². The number of hydrogen-bond donors (Lipinski definition) is 0. The molecule has 0 radical (unpaired) electrons. The molecule has 10 aromatic rings. The Morgan fingerprint density at radius 3 is 0.563 bits per heavy atom. The van der Waals surface area contributed by atoms with Gasteiger partial charge >= 0.3 is 0 Å². The Labute approximate surface area is 421 Å². The molecule has 0 atom stereocenters. The van der Waals surface area contributed by atoms with Gasteiger partial charge in [-0.15, -0.1) is 0 Å². The number of anilines is 9. The summed E-state index contributed by atoms with van der Waals surface area (Å²) in [7, 11) is 0. The van der Waals surface area contributed by atoms with E-state index in [2.05, 4.69) is 295 Å². The molecule has 0 unspecified atom stereocenters. The maximum absolute atomic E-state index is 2.38. The van der Waals surface area contributed by atoms with Crippen LogP contribution >= 0.6 is 0 Å². The van der Waals surface area contributed by atoms with Gasteiger partial charge in [0.05, 0.1) is 0 Å². The van der Waals surface area contributed by atoms with Crippen molar-refractivity contribution in [1.82, 2.24) is 0 Å². The molecule has 0 saturated heterocycles. The van der Waals surface area contributed by atoms with E-state index in [1.54, 1.807) is 0 Å². The van der Waals surface area contributed by atoms with Gasteiger partial charge in [0.25, 0.3) is 0 Å². The average Bonchev–Trinajstić information content (AvgIpc) is 3.38. The Bertz CT molecular complexity index is 3440. The van der Waals surface area contributed by atoms with Gasteiger partial charge in [0.2, 0.25) is 0 Å². The number of rotatable bonds is 12. The van der Waals surface area contributed by atoms with Crippen molar-refractivity contribution in [2.24, 2.45) is 0 Å². The van der Waals surface area contributed by atoms with E-state index in [4.69, 9.17) is 0 Å². The molecule has 10 aromatic carbocycles. The molecule has 0 amide bonds. The molecule has 0 spiro atoms. The van der Waals surface area contributed by atoms with E-state index in [9.17, 15) is 0 Å². The highest BCUT2D eigenvalue weighted by Crippen LogP contribution is 2.42. The molecular formula is C68H61N3. The fourth-order valence-electron chi connectivity index (χ4n) is 9.91. The fourth-order valence-corrected chi connectivity index (χ4v) is 9.91. The van der Waals surface area contributed by atoms with Crippen LogP contribution < -0.4 is 14.7 Å². The molecule has 0 aliphatic heterocycles. The Kier molecular flexibility index (Phi) is 13.0. The van der Waals surface area contributed by atoms with Crippen LogP contribution in [0, 0.1) is 55.4 Å². The monoisotopic (exact) mass is 919 g/mol. The maximum atomic E-state index is 2.38. The second-order valence-electron chi connectivity index (χ2n) is 19.3. The first kappa shape index (κ1) is 46.3. The molecule has 0 fully saturated rings. The molecule has 10 rings (SSSR count). The summed E-state index contributed by atoms with van der Waals surface area (Å²) >= 11 is 0. The van der Waals surface area contributed by atoms with Crippen molar-refractivity contribution in [2.45, 2.75) is 55.4 Å². The van der Waals surface area contributed by atoms with E-state index < -0.39 is 0 Å². The zero-order valence-electron chi connectivity index (χ0n) is 42.2. The Morgan fingerprint density at radius 1 is 0.183 bits per heavy atom. The van der Waals surface area contributed by atoms with Crippen molar-refractivity contribution in [1.29, 1.82) is 0 Å². The van der Waals surface area contributed by atoms with E-state index >= 15 is 0 Å². The minimum absolute atomic E-state index is 1.10. The number of nitrogens with zero attached hydrogens (tertiary/aromatic N) is 3. The topological polar surface area (TPSA) is 9.72 Å². The molecule has 0 N–H and O–H groups in total. The largest absolute Gasteiger partial charge is 0.310 e. The van der Waals surface area contributed by atoms with Crippen LogP contribution in [0.5, 0.6) is 0 Å². The summed E-state index contributed by atoms with van der Waals surface area (Å²) in [6.07, 6.45) is 0. The predicted octanol–water partition coefficient (Wildman–Crippen LogP) is 19.6. The van der Waals surface area contributed by atoms with Gasteiger partial charge in [-0.25, -0.2) is 0 Å². The van der Waals surface area contributed by atoms with Crippen LogP contribution in [0.15, 0.2) is 224 Å². The Hall–Kier alpha value is -8.40. The van der Waals surface area contributed by atoms with Crippen molar-refractivity contribution >= 4 is 51.2 Å². The molecule has 0 saturated carbocycles. The Balaban J connectivity index is 0.929. The summed E-state index contributed by atoms with van der Waals surface area (Å²) in [5.74, 6) is 0. The molecule has 0 aliphatic rings. The summed E-state index contributed by atoms with van der Waals surface area (Å²) in [5.41, 5.74) is 27.3. The highest BCUT2D eigenvalue weighted by molar-refractivity contribution is 5.85. The quantitative estimate of drug-likeness (QED) is 0.121. The van der Waals surface area contributed by atoms with E-state index in [1.807, 2.05) is 0 Å². The SMILES string of the molecule is Cc1ccc(-c2ccc(N(c3ccc(-c4ccc(N(c5ccc(-c6ccc(N(c7ccc(C)cc7)c7ccc(C)cc7C)cc6)cc5)c5ccc(C)cc5C)cc4)cc3)c3ccc(C)cc3C)cc2)cc1. The third kappa shape index (κ3) is 9.91. The number of aryl methyl sites for hydroxylation is 8. The zero-order chi connectivity index (χ0) is 49.2. The molecule has 3 heteroatoms. The van der Waals surface area contributed by atoms with Gasteiger partial charge in [-0.1, -0.05) is 161 Å². The smallest absolute Gasteiger partial charge is 0.0490 e. The maximum Gasteiger partial charge on any atom is 0.0490 e. The molecule has 71 heavy (non-hydrogen) atoms. The van der Waals surface area contributed by atoms with Gasteiger partial charge in [0, 0.05) is 51.2 Å². The van der Waals surface area contributed by atoms with Gasteiger partial charge in [-0.05, 0) is 196 Å². The average molecular weight is 920 g/mol. The van der Waals surface area contributed by atoms with Gasteiger partial charge < -0.3 is 14.7 Å². The highest BCUT2D eigenvalue weighted by Gasteiger charge is 2.19. The predicted molar refractivity (Wildman–Crippen MR) is 305 cm³/mol. The van der Waals surface area contributed by atoms with Crippen molar-refractivity contribution in [2.75, 3.05) is 14.7 Å². The summed E-state index contributed by atoms with van der Waals surface area (Å²) in [6.45, 7) is 17.3. The second-order valence-corrected chi connectivity index (χ2v) is 19.3. The standard InChI is InChI=1S/C68H61N3/c1-46-9-16-54(17-10-46)55-18-30-62(31-19-55)70(67-41-14-49(4)44-52(67)7)63-34-24-58(25-35-63)59-26-38-65(39-27-59)71(68-42-15-50(5)45-53(68)8)64-36-22-57(23-37-64)56-20-32-61(33-21-56)69(60-28-11-47(2)12-29-60)66-40-13-48(3)43-51(66)6/h9-45H,1-8H3. The van der Waals surface area contributed by atoms with E-state index in [0.717, 1.165) is 39.8 Å². The Morgan fingerprint density at radius 2 is 0.352 bits per heavy atom. The lowest BCUT2D eigenvalue weighted by molar-refractivity contribution is 1.23.